The van der Waals surface area contributed by atoms with Crippen molar-refractivity contribution in [2.75, 3.05) is 19.8 Å². The summed E-state index contributed by atoms with van der Waals surface area (Å²) in [5, 5.41) is 0.640. The Morgan fingerprint density at radius 1 is 1.11 bits per heavy atom. The first-order chi connectivity index (χ1) is 9.04. The Hall–Kier alpha value is -0.360. The Morgan fingerprint density at radius 3 is 2.26 bits per heavy atom. The van der Waals surface area contributed by atoms with Crippen molar-refractivity contribution in [2.24, 2.45) is 5.90 Å². The number of benzene rings is 1. The van der Waals surface area contributed by atoms with E-state index in [1.165, 1.54) is 6.08 Å². The first kappa shape index (κ1) is 16.7. The molecule has 0 unspecified atom stereocenters. The zero-order valence-corrected chi connectivity index (χ0v) is 12.7. The van der Waals surface area contributed by atoms with Gasteiger partial charge in [0.05, 0.1) is 10.0 Å². The zero-order valence-electron chi connectivity index (χ0n) is 9.67. The lowest BCUT2D eigenvalue weighted by molar-refractivity contribution is 0.102. The van der Waals surface area contributed by atoms with E-state index in [-0.39, 0.29) is 24.3 Å². The summed E-state index contributed by atoms with van der Waals surface area (Å²) < 4.78 is 10.8. The molecular formula is C11H11Cl4NO3. The van der Waals surface area contributed by atoms with Crippen LogP contribution in [-0.2, 0) is 4.84 Å². The van der Waals surface area contributed by atoms with E-state index in [0.29, 0.717) is 21.5 Å². The molecule has 0 atom stereocenters. The van der Waals surface area contributed by atoms with Crippen LogP contribution < -0.4 is 15.4 Å². The molecule has 0 fully saturated rings. The second-order valence-electron chi connectivity index (χ2n) is 3.24. The highest BCUT2D eigenvalue weighted by Crippen LogP contribution is 2.36. The molecule has 0 spiro atoms. The lowest BCUT2D eigenvalue weighted by Gasteiger charge is -2.11. The van der Waals surface area contributed by atoms with Crippen LogP contribution in [0.5, 0.6) is 11.5 Å². The molecule has 1 aromatic carbocycles. The van der Waals surface area contributed by atoms with Gasteiger partial charge in [-0.25, -0.2) is 5.90 Å². The van der Waals surface area contributed by atoms with Gasteiger partial charge in [0.1, 0.15) is 30.1 Å². The van der Waals surface area contributed by atoms with Crippen LogP contribution in [-0.4, -0.2) is 19.8 Å². The lowest BCUT2D eigenvalue weighted by Crippen LogP contribution is -2.10. The summed E-state index contributed by atoms with van der Waals surface area (Å²) in [5.74, 6) is 5.70. The smallest absolute Gasteiger partial charge is 0.156 e. The number of rotatable bonds is 7. The summed E-state index contributed by atoms with van der Waals surface area (Å²) >= 11 is 23.0. The van der Waals surface area contributed by atoms with Crippen molar-refractivity contribution in [2.45, 2.75) is 0 Å². The molecule has 19 heavy (non-hydrogen) atoms. The van der Waals surface area contributed by atoms with Crippen molar-refractivity contribution in [3.05, 3.63) is 32.7 Å². The molecule has 0 aliphatic heterocycles. The molecule has 0 aromatic heterocycles. The van der Waals surface area contributed by atoms with Crippen LogP contribution in [0.15, 0.2) is 22.7 Å². The number of nitrogens with two attached hydrogens (primary N) is 1. The fourth-order valence-corrected chi connectivity index (χ4v) is 1.85. The maximum Gasteiger partial charge on any atom is 0.156 e. The van der Waals surface area contributed by atoms with Crippen molar-refractivity contribution in [1.29, 1.82) is 0 Å². The third-order valence-corrected chi connectivity index (χ3v) is 2.78. The molecule has 0 bridgehead atoms. The van der Waals surface area contributed by atoms with Crippen LogP contribution in [0.4, 0.5) is 0 Å². The Bertz CT molecular complexity index is 427. The van der Waals surface area contributed by atoms with Gasteiger partial charge in [0, 0.05) is 12.1 Å². The Labute approximate surface area is 130 Å². The maximum atomic E-state index is 6.03. The molecule has 0 heterocycles. The lowest BCUT2D eigenvalue weighted by atomic mass is 10.3. The maximum absolute atomic E-state index is 6.03. The van der Waals surface area contributed by atoms with Crippen LogP contribution in [0.3, 0.4) is 0 Å². The highest BCUT2D eigenvalue weighted by molar-refractivity contribution is 6.55. The van der Waals surface area contributed by atoms with Gasteiger partial charge in [-0.2, -0.15) is 0 Å². The van der Waals surface area contributed by atoms with Crippen LogP contribution in [0.25, 0.3) is 0 Å². The van der Waals surface area contributed by atoms with E-state index in [1.54, 1.807) is 12.1 Å². The predicted molar refractivity (Wildman–Crippen MR) is 77.4 cm³/mol. The van der Waals surface area contributed by atoms with Gasteiger partial charge in [-0.1, -0.05) is 46.4 Å². The van der Waals surface area contributed by atoms with Crippen molar-refractivity contribution >= 4 is 46.4 Å². The first-order valence-electron chi connectivity index (χ1n) is 5.12. The standard InChI is InChI=1S/C11H11Cl4NO3/c12-8-5-7(17-2-1-10(14)15)6-9(13)11(8)18-3-4-19-16/h1,5-6H,2-4,16H2. The van der Waals surface area contributed by atoms with Crippen molar-refractivity contribution in [3.63, 3.8) is 0 Å². The van der Waals surface area contributed by atoms with Gasteiger partial charge in [-0.3, -0.25) is 0 Å². The molecule has 0 saturated carbocycles. The van der Waals surface area contributed by atoms with E-state index >= 15 is 0 Å². The van der Waals surface area contributed by atoms with Gasteiger partial charge in [0.15, 0.2) is 5.75 Å². The fraction of sp³-hybridized carbons (Fsp3) is 0.273. The Morgan fingerprint density at radius 2 is 1.74 bits per heavy atom. The molecule has 0 saturated heterocycles. The molecule has 0 amide bonds. The van der Waals surface area contributed by atoms with Gasteiger partial charge in [-0.05, 0) is 6.08 Å². The van der Waals surface area contributed by atoms with Gasteiger partial charge < -0.3 is 14.3 Å². The number of halogens is 4. The van der Waals surface area contributed by atoms with Crippen LogP contribution in [0.2, 0.25) is 10.0 Å². The molecule has 8 heteroatoms. The minimum atomic E-state index is 0.124. The molecule has 106 valence electrons. The monoisotopic (exact) mass is 345 g/mol. The van der Waals surface area contributed by atoms with Gasteiger partial charge in [-0.15, -0.1) is 0 Å². The molecule has 1 aromatic rings. The van der Waals surface area contributed by atoms with E-state index < -0.39 is 0 Å². The first-order valence-corrected chi connectivity index (χ1v) is 6.63. The van der Waals surface area contributed by atoms with E-state index in [9.17, 15) is 0 Å². The minimum absolute atomic E-state index is 0.124. The van der Waals surface area contributed by atoms with Crippen molar-refractivity contribution in [1.82, 2.24) is 0 Å². The summed E-state index contributed by atoms with van der Waals surface area (Å²) in [6.45, 7) is 0.668. The number of ether oxygens (including phenoxy) is 2. The molecule has 2 N–H and O–H groups in total. The van der Waals surface area contributed by atoms with Gasteiger partial charge in [0.25, 0.3) is 0 Å². The quantitative estimate of drug-likeness (QED) is 0.599. The van der Waals surface area contributed by atoms with E-state index in [2.05, 4.69) is 4.84 Å². The van der Waals surface area contributed by atoms with Crippen molar-refractivity contribution in [3.8, 4) is 11.5 Å². The molecule has 4 nitrogen and oxygen atoms in total. The minimum Gasteiger partial charge on any atom is -0.489 e. The summed E-state index contributed by atoms with van der Waals surface area (Å²) in [6, 6.07) is 3.14. The SMILES string of the molecule is NOCCOc1c(Cl)cc(OCC=C(Cl)Cl)cc1Cl. The summed E-state index contributed by atoms with van der Waals surface area (Å²) in [7, 11) is 0. The Kier molecular flexibility index (Phi) is 7.68. The second-order valence-corrected chi connectivity index (χ2v) is 5.06. The average molecular weight is 347 g/mol. The van der Waals surface area contributed by atoms with Gasteiger partial charge >= 0.3 is 0 Å². The Balaban J connectivity index is 2.70. The van der Waals surface area contributed by atoms with Crippen molar-refractivity contribution < 1.29 is 14.3 Å². The normalized spacial score (nSPS) is 10.2. The van der Waals surface area contributed by atoms with Crippen LogP contribution in [0, 0.1) is 0 Å². The van der Waals surface area contributed by atoms with E-state index in [4.69, 9.17) is 61.8 Å². The van der Waals surface area contributed by atoms with E-state index in [1.807, 2.05) is 0 Å². The third kappa shape index (κ3) is 6.08. The second kappa shape index (κ2) is 8.74. The number of hydrogen-bond acceptors (Lipinski definition) is 4. The molecule has 1 rings (SSSR count). The van der Waals surface area contributed by atoms with Gasteiger partial charge in [0.2, 0.25) is 0 Å². The largest absolute Gasteiger partial charge is 0.489 e. The van der Waals surface area contributed by atoms with Crippen LogP contribution >= 0.6 is 46.4 Å². The molecule has 0 aliphatic carbocycles. The summed E-state index contributed by atoms with van der Waals surface area (Å²) in [6.07, 6.45) is 1.49. The molecule has 0 radical (unpaired) electrons. The highest BCUT2D eigenvalue weighted by Gasteiger charge is 2.10. The fourth-order valence-electron chi connectivity index (χ4n) is 1.15. The van der Waals surface area contributed by atoms with Crippen LogP contribution in [0.1, 0.15) is 0 Å². The van der Waals surface area contributed by atoms with E-state index in [0.717, 1.165) is 0 Å². The predicted octanol–water partition coefficient (Wildman–Crippen LogP) is 3.96. The topological polar surface area (TPSA) is 53.7 Å². The zero-order chi connectivity index (χ0) is 14.3. The highest BCUT2D eigenvalue weighted by atomic mass is 35.5. The summed E-state index contributed by atoms with van der Waals surface area (Å²) in [5.41, 5.74) is 0. The summed E-state index contributed by atoms with van der Waals surface area (Å²) in [4.78, 5) is 4.38. The molecular weight excluding hydrogens is 336 g/mol. The molecule has 0 aliphatic rings. The number of hydrogen-bond donors (Lipinski definition) is 1. The third-order valence-electron chi connectivity index (χ3n) is 1.91. The average Bonchev–Trinajstić information content (AvgIpc) is 2.32.